The molecule has 0 atom stereocenters. The predicted octanol–water partition coefficient (Wildman–Crippen LogP) is 3.27. The molecule has 0 fully saturated rings. The van der Waals surface area contributed by atoms with Crippen LogP contribution in [0.15, 0.2) is 70.6 Å². The number of rotatable bonds is 11. The summed E-state index contributed by atoms with van der Waals surface area (Å²) in [5.74, 6) is 5.87. The SMILES string of the molecule is CCCc1c(OCc2ccc(S(=O)(=O)Nc3ccccc3C(=NC)NNN)cc2)ccc(C(C)=O)c1O. The highest BCUT2D eigenvalue weighted by molar-refractivity contribution is 7.92. The quantitative estimate of drug-likeness (QED) is 0.0840. The number of hydrazine groups is 2. The number of phenols is 1. The van der Waals surface area contributed by atoms with Crippen LogP contribution in [0.2, 0.25) is 0 Å². The summed E-state index contributed by atoms with van der Waals surface area (Å²) in [6.07, 6.45) is 1.31. The second-order valence-electron chi connectivity index (χ2n) is 8.17. The number of para-hydroxylation sites is 1. The molecule has 0 aliphatic carbocycles. The highest BCUT2D eigenvalue weighted by Crippen LogP contribution is 2.33. The molecule has 10 nitrogen and oxygen atoms in total. The Kier molecular flexibility index (Phi) is 9.23. The van der Waals surface area contributed by atoms with E-state index >= 15 is 0 Å². The number of ether oxygens (including phenoxy) is 1. The number of amidine groups is 1. The lowest BCUT2D eigenvalue weighted by Gasteiger charge is -2.16. The van der Waals surface area contributed by atoms with Crippen molar-refractivity contribution >= 4 is 27.3 Å². The first kappa shape index (κ1) is 27.7. The average Bonchev–Trinajstić information content (AvgIpc) is 2.88. The number of Topliss-reactive ketones (excluding diaryl/α,β-unsaturated/α-hetero) is 1. The first-order valence-corrected chi connectivity index (χ1v) is 13.1. The average molecular weight is 526 g/mol. The molecule has 0 radical (unpaired) electrons. The summed E-state index contributed by atoms with van der Waals surface area (Å²) < 4.78 is 34.6. The standard InChI is InChI=1S/C26H31N5O5S/c1-4-7-22-24(15-14-20(17(2)32)25(22)33)36-16-18-10-12-19(13-11-18)37(34,35)30-23-9-6-5-8-21(23)26(28-3)29-31-27/h5-6,8-15,30-31,33H,4,7,16,27H2,1-3H3,(H,28,29). The van der Waals surface area contributed by atoms with Gasteiger partial charge < -0.3 is 9.84 Å². The summed E-state index contributed by atoms with van der Waals surface area (Å²) in [7, 11) is -2.35. The van der Waals surface area contributed by atoms with Crippen molar-refractivity contribution in [3.05, 3.63) is 82.9 Å². The van der Waals surface area contributed by atoms with Crippen molar-refractivity contribution in [2.24, 2.45) is 10.8 Å². The molecule has 0 bridgehead atoms. The van der Waals surface area contributed by atoms with Gasteiger partial charge in [0.05, 0.1) is 16.1 Å². The molecule has 3 aromatic carbocycles. The summed E-state index contributed by atoms with van der Waals surface area (Å²) in [6, 6.07) is 16.3. The van der Waals surface area contributed by atoms with Crippen LogP contribution in [0, 0.1) is 0 Å². The third kappa shape index (κ3) is 6.64. The number of hydrogen-bond acceptors (Lipinski definition) is 8. The van der Waals surface area contributed by atoms with Crippen LogP contribution in [0.3, 0.4) is 0 Å². The van der Waals surface area contributed by atoms with Gasteiger partial charge in [0.15, 0.2) is 5.78 Å². The fourth-order valence-corrected chi connectivity index (χ4v) is 4.83. The molecule has 3 aromatic rings. The van der Waals surface area contributed by atoms with E-state index in [1.165, 1.54) is 19.1 Å². The Morgan fingerprint density at radius 2 is 1.76 bits per heavy atom. The van der Waals surface area contributed by atoms with Crippen LogP contribution in [-0.4, -0.2) is 32.2 Å². The van der Waals surface area contributed by atoms with Gasteiger partial charge in [-0.3, -0.25) is 25.8 Å². The highest BCUT2D eigenvalue weighted by atomic mass is 32.2. The predicted molar refractivity (Wildman–Crippen MR) is 143 cm³/mol. The Balaban J connectivity index is 1.77. The number of hydrogen-bond donors (Lipinski definition) is 5. The van der Waals surface area contributed by atoms with Crippen molar-refractivity contribution in [3.63, 3.8) is 0 Å². The number of carbonyl (C=O) groups is 1. The fraction of sp³-hybridized carbons (Fsp3) is 0.231. The molecular formula is C26H31N5O5S. The number of carbonyl (C=O) groups excluding carboxylic acids is 1. The van der Waals surface area contributed by atoms with Gasteiger partial charge in [0, 0.05) is 18.2 Å². The third-order valence-electron chi connectivity index (χ3n) is 5.59. The second kappa shape index (κ2) is 12.3. The van der Waals surface area contributed by atoms with Crippen molar-refractivity contribution in [2.45, 2.75) is 38.2 Å². The summed E-state index contributed by atoms with van der Waals surface area (Å²) in [6.45, 7) is 3.52. The van der Waals surface area contributed by atoms with E-state index < -0.39 is 10.0 Å². The fourth-order valence-electron chi connectivity index (χ4n) is 3.75. The maximum absolute atomic E-state index is 13.1. The molecule has 37 heavy (non-hydrogen) atoms. The monoisotopic (exact) mass is 525 g/mol. The Bertz CT molecular complexity index is 1390. The summed E-state index contributed by atoms with van der Waals surface area (Å²) >= 11 is 0. The molecule has 0 aliphatic rings. The van der Waals surface area contributed by atoms with Crippen LogP contribution < -0.4 is 26.3 Å². The minimum absolute atomic E-state index is 0.0617. The molecule has 0 amide bonds. The molecule has 11 heteroatoms. The van der Waals surface area contributed by atoms with Gasteiger partial charge >= 0.3 is 0 Å². The van der Waals surface area contributed by atoms with E-state index in [9.17, 15) is 18.3 Å². The summed E-state index contributed by atoms with van der Waals surface area (Å²) in [5.41, 5.74) is 7.37. The van der Waals surface area contributed by atoms with E-state index in [0.717, 1.165) is 12.0 Å². The smallest absolute Gasteiger partial charge is 0.261 e. The zero-order valence-corrected chi connectivity index (χ0v) is 21.7. The lowest BCUT2D eigenvalue weighted by molar-refractivity contribution is 0.101. The Morgan fingerprint density at radius 1 is 1.05 bits per heavy atom. The minimum atomic E-state index is -3.90. The van der Waals surface area contributed by atoms with Crippen LogP contribution in [0.1, 0.15) is 47.3 Å². The van der Waals surface area contributed by atoms with Gasteiger partial charge in [-0.1, -0.05) is 37.6 Å². The van der Waals surface area contributed by atoms with Gasteiger partial charge in [-0.05, 0) is 55.3 Å². The zero-order valence-electron chi connectivity index (χ0n) is 20.9. The first-order chi connectivity index (χ1) is 17.7. The lowest BCUT2D eigenvalue weighted by Crippen LogP contribution is -2.42. The maximum Gasteiger partial charge on any atom is 0.261 e. The van der Waals surface area contributed by atoms with Gasteiger partial charge in [0.1, 0.15) is 23.9 Å². The minimum Gasteiger partial charge on any atom is -0.507 e. The van der Waals surface area contributed by atoms with E-state index in [4.69, 9.17) is 10.6 Å². The van der Waals surface area contributed by atoms with Crippen LogP contribution in [-0.2, 0) is 23.1 Å². The first-order valence-electron chi connectivity index (χ1n) is 11.6. The van der Waals surface area contributed by atoms with E-state index in [1.54, 1.807) is 55.6 Å². The molecule has 0 unspecified atom stereocenters. The van der Waals surface area contributed by atoms with Crippen molar-refractivity contribution in [3.8, 4) is 11.5 Å². The number of sulfonamides is 1. The number of ketones is 1. The molecule has 0 aliphatic heterocycles. The molecule has 0 heterocycles. The topological polar surface area (TPSA) is 155 Å². The maximum atomic E-state index is 13.1. The lowest BCUT2D eigenvalue weighted by atomic mass is 10.0. The molecule has 0 saturated carbocycles. The molecule has 3 rings (SSSR count). The number of aromatic hydroxyl groups is 1. The van der Waals surface area contributed by atoms with Crippen molar-refractivity contribution < 1.29 is 23.1 Å². The van der Waals surface area contributed by atoms with Crippen LogP contribution >= 0.6 is 0 Å². The van der Waals surface area contributed by atoms with Gasteiger partial charge in [0.25, 0.3) is 10.0 Å². The Labute approximate surface area is 216 Å². The van der Waals surface area contributed by atoms with E-state index in [1.807, 2.05) is 6.92 Å². The molecule has 0 spiro atoms. The summed E-state index contributed by atoms with van der Waals surface area (Å²) in [5, 5.41) is 10.5. The Hall–Kier alpha value is -3.93. The van der Waals surface area contributed by atoms with Crippen LogP contribution in [0.25, 0.3) is 0 Å². The molecule has 0 saturated heterocycles. The Morgan fingerprint density at radius 3 is 2.38 bits per heavy atom. The zero-order chi connectivity index (χ0) is 27.0. The van der Waals surface area contributed by atoms with Gasteiger partial charge in [-0.2, -0.15) is 5.53 Å². The number of nitrogens with zero attached hydrogens (tertiary/aromatic N) is 1. The van der Waals surface area contributed by atoms with Gasteiger partial charge in [-0.25, -0.2) is 8.42 Å². The second-order valence-corrected chi connectivity index (χ2v) is 9.85. The van der Waals surface area contributed by atoms with Crippen molar-refractivity contribution in [1.29, 1.82) is 0 Å². The van der Waals surface area contributed by atoms with Crippen LogP contribution in [0.5, 0.6) is 11.5 Å². The van der Waals surface area contributed by atoms with Crippen molar-refractivity contribution in [1.82, 2.24) is 11.0 Å². The molecule has 196 valence electrons. The number of aliphatic imine (C=N–C) groups is 1. The third-order valence-corrected chi connectivity index (χ3v) is 6.97. The highest BCUT2D eigenvalue weighted by Gasteiger charge is 2.19. The van der Waals surface area contributed by atoms with E-state index in [-0.39, 0.29) is 28.6 Å². The largest absolute Gasteiger partial charge is 0.507 e. The van der Waals surface area contributed by atoms with E-state index in [2.05, 4.69) is 20.7 Å². The molecular weight excluding hydrogens is 494 g/mol. The van der Waals surface area contributed by atoms with Crippen LogP contribution in [0.4, 0.5) is 5.69 Å². The molecule has 6 N–H and O–H groups in total. The number of benzene rings is 3. The number of anilines is 1. The van der Waals surface area contributed by atoms with E-state index in [0.29, 0.717) is 34.8 Å². The number of nitrogens with one attached hydrogen (secondary N) is 3. The molecule has 0 aromatic heterocycles. The van der Waals surface area contributed by atoms with Crippen molar-refractivity contribution in [2.75, 3.05) is 11.8 Å². The van der Waals surface area contributed by atoms with Gasteiger partial charge in [-0.15, -0.1) is 0 Å². The number of nitrogens with two attached hydrogens (primary N) is 1. The number of phenolic OH excluding ortho intramolecular Hbond substituents is 1. The summed E-state index contributed by atoms with van der Waals surface area (Å²) in [4.78, 5) is 15.9. The normalized spacial score (nSPS) is 11.7. The van der Waals surface area contributed by atoms with Gasteiger partial charge in [0.2, 0.25) is 0 Å².